The van der Waals surface area contributed by atoms with E-state index >= 15 is 0 Å². The Morgan fingerprint density at radius 1 is 1.65 bits per heavy atom. The number of pyridine rings is 1. The first-order chi connectivity index (χ1) is 8.09. The minimum Gasteiger partial charge on any atom is -0.344 e. The van der Waals surface area contributed by atoms with E-state index in [0.717, 1.165) is 0 Å². The highest BCUT2D eigenvalue weighted by Gasteiger charge is 2.30. The number of aromatic nitrogens is 1. The molecule has 2 heterocycles. The summed E-state index contributed by atoms with van der Waals surface area (Å²) in [5.74, 6) is -0.378. The van der Waals surface area contributed by atoms with E-state index in [2.05, 4.69) is 26.2 Å². The Balaban J connectivity index is 2.08. The summed E-state index contributed by atoms with van der Waals surface area (Å²) in [4.78, 5) is 29.1. The lowest BCUT2D eigenvalue weighted by molar-refractivity contribution is -0.128. The second-order valence-electron chi connectivity index (χ2n) is 3.91. The maximum Gasteiger partial charge on any atom is 0.271 e. The van der Waals surface area contributed by atoms with E-state index < -0.39 is 6.04 Å². The topological polar surface area (TPSA) is 62.3 Å². The lowest BCUT2D eigenvalue weighted by atomic mass is 10.2. The fourth-order valence-electron chi connectivity index (χ4n) is 1.74. The van der Waals surface area contributed by atoms with Gasteiger partial charge in [0.05, 0.1) is 0 Å². The van der Waals surface area contributed by atoms with Gasteiger partial charge in [-0.2, -0.15) is 0 Å². The van der Waals surface area contributed by atoms with E-state index in [9.17, 15) is 9.59 Å². The van der Waals surface area contributed by atoms with Crippen molar-refractivity contribution in [1.29, 1.82) is 0 Å². The summed E-state index contributed by atoms with van der Waals surface area (Å²) in [7, 11) is 1.73. The Bertz CT molecular complexity index is 464. The van der Waals surface area contributed by atoms with Crippen molar-refractivity contribution in [3.63, 3.8) is 0 Å². The second kappa shape index (κ2) is 4.83. The first-order valence-corrected chi connectivity index (χ1v) is 6.05. The average Bonchev–Trinajstić information content (AvgIpc) is 2.61. The number of nitrogens with zero attached hydrogens (tertiary/aromatic N) is 2. The molecular formula is C11H12BrN3O2. The van der Waals surface area contributed by atoms with Crippen LogP contribution in [-0.4, -0.2) is 41.3 Å². The predicted octanol–water partition coefficient (Wildman–Crippen LogP) is 0.805. The molecule has 0 bridgehead atoms. The lowest BCUT2D eigenvalue weighted by Crippen LogP contribution is -2.40. The van der Waals surface area contributed by atoms with E-state index in [1.54, 1.807) is 30.3 Å². The summed E-state index contributed by atoms with van der Waals surface area (Å²) in [5.41, 5.74) is 0.301. The van der Waals surface area contributed by atoms with Gasteiger partial charge in [-0.05, 0) is 34.5 Å². The van der Waals surface area contributed by atoms with E-state index in [0.29, 0.717) is 23.1 Å². The number of rotatable bonds is 2. The molecule has 1 unspecified atom stereocenters. The predicted molar refractivity (Wildman–Crippen MR) is 65.4 cm³/mol. The van der Waals surface area contributed by atoms with Gasteiger partial charge in [0.1, 0.15) is 11.7 Å². The molecule has 2 amide bonds. The minimum absolute atomic E-state index is 0.0506. The first kappa shape index (κ1) is 12.0. The molecule has 0 saturated carbocycles. The van der Waals surface area contributed by atoms with Crippen LogP contribution in [0.1, 0.15) is 16.9 Å². The van der Waals surface area contributed by atoms with Gasteiger partial charge in [0.15, 0.2) is 0 Å². The van der Waals surface area contributed by atoms with Crippen LogP contribution in [0.4, 0.5) is 0 Å². The van der Waals surface area contributed by atoms with E-state index in [1.165, 1.54) is 0 Å². The molecule has 2 rings (SSSR count). The van der Waals surface area contributed by atoms with Crippen LogP contribution in [0.2, 0.25) is 0 Å². The molecule has 6 heteroatoms. The molecule has 5 nitrogen and oxygen atoms in total. The van der Waals surface area contributed by atoms with Crippen molar-refractivity contribution in [2.75, 3.05) is 13.6 Å². The van der Waals surface area contributed by atoms with Crippen molar-refractivity contribution >= 4 is 27.7 Å². The molecule has 1 saturated heterocycles. The zero-order valence-corrected chi connectivity index (χ0v) is 10.9. The standard InChI is InChI=1S/C11H12BrN3O2/c1-15-6-4-8(11(15)17)14-10(16)9-7(12)3-2-5-13-9/h2-3,5,8H,4,6H2,1H3,(H,14,16). The van der Waals surface area contributed by atoms with Crippen LogP contribution in [0.3, 0.4) is 0 Å². The molecule has 1 aliphatic rings. The quantitative estimate of drug-likeness (QED) is 0.878. The van der Waals surface area contributed by atoms with Crippen LogP contribution < -0.4 is 5.32 Å². The second-order valence-corrected chi connectivity index (χ2v) is 4.76. The van der Waals surface area contributed by atoms with Gasteiger partial charge in [0.2, 0.25) is 5.91 Å². The molecule has 0 aliphatic carbocycles. The molecule has 0 radical (unpaired) electrons. The van der Waals surface area contributed by atoms with Crippen molar-refractivity contribution < 1.29 is 9.59 Å². The van der Waals surface area contributed by atoms with Gasteiger partial charge in [-0.1, -0.05) is 0 Å². The summed E-state index contributed by atoms with van der Waals surface area (Å²) in [5, 5.41) is 2.69. The van der Waals surface area contributed by atoms with Gasteiger partial charge >= 0.3 is 0 Å². The van der Waals surface area contributed by atoms with E-state index in [4.69, 9.17) is 0 Å². The van der Waals surface area contributed by atoms with Crippen molar-refractivity contribution in [3.8, 4) is 0 Å². The molecule has 1 aliphatic heterocycles. The maximum absolute atomic E-state index is 11.9. The Kier molecular flexibility index (Phi) is 3.42. The number of halogens is 1. The normalized spacial score (nSPS) is 19.5. The third kappa shape index (κ3) is 2.46. The van der Waals surface area contributed by atoms with Gasteiger partial charge in [-0.25, -0.2) is 4.98 Å². The molecule has 1 fully saturated rings. The molecule has 0 spiro atoms. The van der Waals surface area contributed by atoms with Crippen LogP contribution in [0.5, 0.6) is 0 Å². The van der Waals surface area contributed by atoms with E-state index in [-0.39, 0.29) is 11.8 Å². The van der Waals surface area contributed by atoms with Gasteiger partial charge in [-0.3, -0.25) is 9.59 Å². The van der Waals surface area contributed by atoms with E-state index in [1.807, 2.05) is 0 Å². The van der Waals surface area contributed by atoms with Gasteiger partial charge in [0, 0.05) is 24.3 Å². The zero-order valence-electron chi connectivity index (χ0n) is 9.31. The van der Waals surface area contributed by atoms with Crippen molar-refractivity contribution in [2.45, 2.75) is 12.5 Å². The van der Waals surface area contributed by atoms with Gasteiger partial charge < -0.3 is 10.2 Å². The lowest BCUT2D eigenvalue weighted by Gasteiger charge is -2.12. The minimum atomic E-state index is -0.429. The fourth-order valence-corrected chi connectivity index (χ4v) is 2.17. The third-order valence-electron chi connectivity index (χ3n) is 2.71. The van der Waals surface area contributed by atoms with Crippen LogP contribution in [-0.2, 0) is 4.79 Å². The molecule has 90 valence electrons. The Hall–Kier alpha value is -1.43. The van der Waals surface area contributed by atoms with Crippen LogP contribution in [0.25, 0.3) is 0 Å². The summed E-state index contributed by atoms with van der Waals surface area (Å²) >= 11 is 3.25. The molecule has 1 atom stereocenters. The monoisotopic (exact) mass is 297 g/mol. The van der Waals surface area contributed by atoms with Crippen LogP contribution >= 0.6 is 15.9 Å². The highest BCUT2D eigenvalue weighted by Crippen LogP contribution is 2.14. The summed E-state index contributed by atoms with van der Waals surface area (Å²) in [6, 6.07) is 3.04. The van der Waals surface area contributed by atoms with Crippen molar-refractivity contribution in [1.82, 2.24) is 15.2 Å². The van der Waals surface area contributed by atoms with Gasteiger partial charge in [-0.15, -0.1) is 0 Å². The Labute approximate surface area is 107 Å². The Morgan fingerprint density at radius 2 is 2.41 bits per heavy atom. The summed E-state index contributed by atoms with van der Waals surface area (Å²) < 4.78 is 0.622. The molecule has 1 aromatic heterocycles. The number of likely N-dealkylation sites (N-methyl/N-ethyl adjacent to an activating group) is 1. The number of amides is 2. The molecule has 1 aromatic rings. The Morgan fingerprint density at radius 3 is 3.00 bits per heavy atom. The number of carbonyl (C=O) groups excluding carboxylic acids is 2. The van der Waals surface area contributed by atoms with Crippen LogP contribution in [0.15, 0.2) is 22.8 Å². The molecule has 1 N–H and O–H groups in total. The van der Waals surface area contributed by atoms with Gasteiger partial charge in [0.25, 0.3) is 5.91 Å². The largest absolute Gasteiger partial charge is 0.344 e. The first-order valence-electron chi connectivity index (χ1n) is 5.26. The number of nitrogens with one attached hydrogen (secondary N) is 1. The van der Waals surface area contributed by atoms with Crippen molar-refractivity contribution in [2.24, 2.45) is 0 Å². The molecular weight excluding hydrogens is 286 g/mol. The smallest absolute Gasteiger partial charge is 0.271 e. The maximum atomic E-state index is 11.9. The SMILES string of the molecule is CN1CCC(NC(=O)c2ncccc2Br)C1=O. The average molecular weight is 298 g/mol. The molecule has 17 heavy (non-hydrogen) atoms. The number of hydrogen-bond acceptors (Lipinski definition) is 3. The van der Waals surface area contributed by atoms with Crippen LogP contribution in [0, 0.1) is 0 Å². The highest BCUT2D eigenvalue weighted by molar-refractivity contribution is 9.10. The summed E-state index contributed by atoms with van der Waals surface area (Å²) in [6.45, 7) is 0.674. The third-order valence-corrected chi connectivity index (χ3v) is 3.35. The highest BCUT2D eigenvalue weighted by atomic mass is 79.9. The number of carbonyl (C=O) groups is 2. The fraction of sp³-hybridized carbons (Fsp3) is 0.364. The number of hydrogen-bond donors (Lipinski definition) is 1. The number of likely N-dealkylation sites (tertiary alicyclic amines) is 1. The molecule has 0 aromatic carbocycles. The zero-order chi connectivity index (χ0) is 12.4. The summed E-state index contributed by atoms with van der Waals surface area (Å²) in [6.07, 6.45) is 2.19. The van der Waals surface area contributed by atoms with Crippen molar-refractivity contribution in [3.05, 3.63) is 28.5 Å².